The molecule has 2 heterocycles. The van der Waals surface area contributed by atoms with Crippen molar-refractivity contribution in [2.24, 2.45) is 5.41 Å². The molecule has 170 valence electrons. The summed E-state index contributed by atoms with van der Waals surface area (Å²) in [6.45, 7) is 13.9. The van der Waals surface area contributed by atoms with Crippen molar-refractivity contribution in [1.29, 1.82) is 0 Å². The van der Waals surface area contributed by atoms with E-state index in [1.165, 1.54) is 12.1 Å². The van der Waals surface area contributed by atoms with E-state index in [0.29, 0.717) is 18.3 Å². The Morgan fingerprint density at radius 2 is 1.84 bits per heavy atom. The quantitative estimate of drug-likeness (QED) is 0.723. The first kappa shape index (κ1) is 23.3. The van der Waals surface area contributed by atoms with Gasteiger partial charge in [-0.1, -0.05) is 38.1 Å². The van der Waals surface area contributed by atoms with Crippen LogP contribution in [0.3, 0.4) is 0 Å². The lowest BCUT2D eigenvalue weighted by molar-refractivity contribution is -0.123. The number of benzene rings is 1. The Bertz CT molecular complexity index is 854. The zero-order valence-corrected chi connectivity index (χ0v) is 19.2. The minimum Gasteiger partial charge on any atom is -0.348 e. The number of rotatable bonds is 7. The molecule has 31 heavy (non-hydrogen) atoms. The van der Waals surface area contributed by atoms with Gasteiger partial charge in [0.05, 0.1) is 18.6 Å². The van der Waals surface area contributed by atoms with Crippen LogP contribution in [-0.2, 0) is 4.79 Å². The van der Waals surface area contributed by atoms with Crippen LogP contribution in [0.15, 0.2) is 28.8 Å². The molecule has 0 radical (unpaired) electrons. The van der Waals surface area contributed by atoms with E-state index in [9.17, 15) is 9.18 Å². The fourth-order valence-corrected chi connectivity index (χ4v) is 3.95. The second-order valence-corrected chi connectivity index (χ2v) is 9.60. The van der Waals surface area contributed by atoms with E-state index in [4.69, 9.17) is 4.52 Å². The zero-order valence-electron chi connectivity index (χ0n) is 19.2. The molecule has 1 aromatic heterocycles. The van der Waals surface area contributed by atoms with E-state index in [2.05, 4.69) is 53.0 Å². The van der Waals surface area contributed by atoms with Crippen LogP contribution in [0, 0.1) is 18.2 Å². The SMILES string of the molecule is Cc1noc(C(C)N2CCN(CC(=O)NC(CC(C)(C)C)c3ccc(F)cc3)CC2)n1. The zero-order chi connectivity index (χ0) is 22.6. The first-order valence-corrected chi connectivity index (χ1v) is 10.9. The van der Waals surface area contributed by atoms with Crippen LogP contribution in [0.4, 0.5) is 4.39 Å². The van der Waals surface area contributed by atoms with Crippen molar-refractivity contribution in [3.63, 3.8) is 0 Å². The molecular weight excluding hydrogens is 397 g/mol. The summed E-state index contributed by atoms with van der Waals surface area (Å²) in [4.78, 5) is 21.6. The molecule has 1 fully saturated rings. The van der Waals surface area contributed by atoms with Crippen molar-refractivity contribution in [2.45, 2.75) is 53.1 Å². The molecule has 8 heteroatoms. The van der Waals surface area contributed by atoms with Gasteiger partial charge in [0.2, 0.25) is 11.8 Å². The number of nitrogens with one attached hydrogen (secondary N) is 1. The summed E-state index contributed by atoms with van der Waals surface area (Å²) in [6.07, 6.45) is 0.777. The molecule has 3 rings (SSSR count). The lowest BCUT2D eigenvalue weighted by Gasteiger charge is -2.36. The molecule has 1 aliphatic rings. The summed E-state index contributed by atoms with van der Waals surface area (Å²) in [6, 6.07) is 6.32. The molecule has 2 aromatic rings. The fourth-order valence-electron chi connectivity index (χ4n) is 3.95. The molecule has 0 bridgehead atoms. The molecule has 1 N–H and O–H groups in total. The molecule has 1 aliphatic heterocycles. The third kappa shape index (κ3) is 6.83. The van der Waals surface area contributed by atoms with Crippen molar-refractivity contribution in [3.05, 3.63) is 47.4 Å². The molecule has 0 spiro atoms. The number of nitrogens with zero attached hydrogens (tertiary/aromatic N) is 4. The number of piperazine rings is 1. The number of aryl methyl sites for hydroxylation is 1. The number of halogens is 1. The number of hydrogen-bond acceptors (Lipinski definition) is 6. The monoisotopic (exact) mass is 431 g/mol. The van der Waals surface area contributed by atoms with Gasteiger partial charge in [-0.2, -0.15) is 4.98 Å². The highest BCUT2D eigenvalue weighted by Gasteiger charge is 2.27. The van der Waals surface area contributed by atoms with E-state index in [0.717, 1.165) is 38.2 Å². The summed E-state index contributed by atoms with van der Waals surface area (Å²) >= 11 is 0. The van der Waals surface area contributed by atoms with Gasteiger partial charge >= 0.3 is 0 Å². The molecule has 1 aromatic carbocycles. The van der Waals surface area contributed by atoms with Gasteiger partial charge < -0.3 is 9.84 Å². The normalized spacial score (nSPS) is 18.0. The molecular formula is C23H34FN5O2. The van der Waals surface area contributed by atoms with Crippen LogP contribution in [-0.4, -0.2) is 58.6 Å². The summed E-state index contributed by atoms with van der Waals surface area (Å²) < 4.78 is 18.6. The minimum absolute atomic E-state index is 0.00685. The van der Waals surface area contributed by atoms with Crippen molar-refractivity contribution >= 4 is 5.91 Å². The average molecular weight is 432 g/mol. The van der Waals surface area contributed by atoms with E-state index in [-0.39, 0.29) is 29.2 Å². The van der Waals surface area contributed by atoms with Crippen molar-refractivity contribution < 1.29 is 13.7 Å². The van der Waals surface area contributed by atoms with Crippen molar-refractivity contribution in [2.75, 3.05) is 32.7 Å². The molecule has 0 aliphatic carbocycles. The summed E-state index contributed by atoms with van der Waals surface area (Å²) in [7, 11) is 0. The first-order chi connectivity index (χ1) is 14.6. The number of carbonyl (C=O) groups is 1. The lowest BCUT2D eigenvalue weighted by atomic mass is 9.85. The Labute approximate surface area is 184 Å². The van der Waals surface area contributed by atoms with Crippen molar-refractivity contribution in [1.82, 2.24) is 25.3 Å². The number of carbonyl (C=O) groups excluding carboxylic acids is 1. The molecule has 2 atom stereocenters. The second kappa shape index (κ2) is 9.87. The first-order valence-electron chi connectivity index (χ1n) is 10.9. The predicted octanol–water partition coefficient (Wildman–Crippen LogP) is 3.49. The van der Waals surface area contributed by atoms with Crippen LogP contribution >= 0.6 is 0 Å². The topological polar surface area (TPSA) is 74.5 Å². The van der Waals surface area contributed by atoms with Crippen LogP contribution < -0.4 is 5.32 Å². The van der Waals surface area contributed by atoms with E-state index >= 15 is 0 Å². The maximum atomic E-state index is 13.3. The van der Waals surface area contributed by atoms with Gasteiger partial charge in [-0.3, -0.25) is 14.6 Å². The summed E-state index contributed by atoms with van der Waals surface area (Å²) in [5.41, 5.74) is 0.958. The Hall–Kier alpha value is -2.32. The fraction of sp³-hybridized carbons (Fsp3) is 0.609. The van der Waals surface area contributed by atoms with Gasteiger partial charge in [0.15, 0.2) is 5.82 Å². The molecule has 0 saturated carbocycles. The highest BCUT2D eigenvalue weighted by Crippen LogP contribution is 2.29. The maximum absolute atomic E-state index is 13.3. The smallest absolute Gasteiger partial charge is 0.243 e. The Morgan fingerprint density at radius 1 is 1.19 bits per heavy atom. The average Bonchev–Trinajstić information content (AvgIpc) is 3.13. The van der Waals surface area contributed by atoms with Gasteiger partial charge in [0.25, 0.3) is 0 Å². The van der Waals surface area contributed by atoms with E-state index in [1.807, 2.05) is 6.92 Å². The maximum Gasteiger partial charge on any atom is 0.243 e. The Balaban J connectivity index is 1.53. The number of hydrogen-bond donors (Lipinski definition) is 1. The lowest BCUT2D eigenvalue weighted by Crippen LogP contribution is -2.50. The third-order valence-electron chi connectivity index (χ3n) is 5.65. The standard InChI is InChI=1S/C23H34FN5O2/c1-16(22-25-17(2)27-31-22)29-12-10-28(11-13-29)15-21(30)26-20(14-23(3,4)5)18-6-8-19(24)9-7-18/h6-9,16,20H,10-15H2,1-5H3,(H,26,30). The number of aromatic nitrogens is 2. The molecule has 7 nitrogen and oxygen atoms in total. The van der Waals surface area contributed by atoms with Crippen molar-refractivity contribution in [3.8, 4) is 0 Å². The molecule has 1 amide bonds. The minimum atomic E-state index is -0.271. The van der Waals surface area contributed by atoms with Gasteiger partial charge in [-0.25, -0.2) is 4.39 Å². The largest absolute Gasteiger partial charge is 0.348 e. The number of amides is 1. The predicted molar refractivity (Wildman–Crippen MR) is 117 cm³/mol. The van der Waals surface area contributed by atoms with Gasteiger partial charge in [-0.05, 0) is 43.4 Å². The van der Waals surface area contributed by atoms with Crippen LogP contribution in [0.2, 0.25) is 0 Å². The highest BCUT2D eigenvalue weighted by atomic mass is 19.1. The highest BCUT2D eigenvalue weighted by molar-refractivity contribution is 5.78. The second-order valence-electron chi connectivity index (χ2n) is 9.60. The van der Waals surface area contributed by atoms with Crippen LogP contribution in [0.1, 0.15) is 63.5 Å². The molecule has 1 saturated heterocycles. The summed E-state index contributed by atoms with van der Waals surface area (Å²) in [5.74, 6) is 0.996. The van der Waals surface area contributed by atoms with Gasteiger partial charge in [0.1, 0.15) is 5.82 Å². The molecule has 2 unspecified atom stereocenters. The van der Waals surface area contributed by atoms with E-state index in [1.54, 1.807) is 12.1 Å². The Kier molecular flexibility index (Phi) is 7.43. The van der Waals surface area contributed by atoms with Crippen LogP contribution in [0.25, 0.3) is 0 Å². The third-order valence-corrected chi connectivity index (χ3v) is 5.65. The van der Waals surface area contributed by atoms with Gasteiger partial charge in [0, 0.05) is 26.2 Å². The van der Waals surface area contributed by atoms with Crippen LogP contribution in [0.5, 0.6) is 0 Å². The van der Waals surface area contributed by atoms with Gasteiger partial charge in [-0.15, -0.1) is 0 Å². The van der Waals surface area contributed by atoms with E-state index < -0.39 is 0 Å². The summed E-state index contributed by atoms with van der Waals surface area (Å²) in [5, 5.41) is 7.04. The Morgan fingerprint density at radius 3 is 2.39 bits per heavy atom.